The van der Waals surface area contributed by atoms with Crippen molar-refractivity contribution >= 4 is 12.1 Å². The Balaban J connectivity index is 1.97. The number of piperidine rings is 1. The van der Waals surface area contributed by atoms with Crippen LogP contribution in [0, 0.1) is 18.3 Å². The minimum atomic E-state index is -4.65. The number of rotatable bonds is 8. The highest BCUT2D eigenvalue weighted by molar-refractivity contribution is 5.77. The summed E-state index contributed by atoms with van der Waals surface area (Å²) in [6.45, 7) is 3.63. The molecule has 0 amide bonds. The van der Waals surface area contributed by atoms with Crippen molar-refractivity contribution in [2.24, 2.45) is 0 Å². The minimum Gasteiger partial charge on any atom is -0.507 e. The van der Waals surface area contributed by atoms with Crippen LogP contribution >= 0.6 is 0 Å². The van der Waals surface area contributed by atoms with E-state index in [1.165, 1.54) is 7.11 Å². The quantitative estimate of drug-likeness (QED) is 0.554. The number of nitrogens with zero attached hydrogens (tertiary/aromatic N) is 4. The molecule has 1 atom stereocenters. The molecule has 11 heteroatoms. The molecule has 1 fully saturated rings. The number of carbonyl (C=O) groups excluding carboxylic acids is 1. The van der Waals surface area contributed by atoms with E-state index in [1.807, 2.05) is 0 Å². The first kappa shape index (κ1) is 25.4. The van der Waals surface area contributed by atoms with E-state index in [9.17, 15) is 28.3 Å². The van der Waals surface area contributed by atoms with Crippen LogP contribution < -0.4 is 5.32 Å². The number of anilines is 1. The van der Waals surface area contributed by atoms with Gasteiger partial charge in [-0.1, -0.05) is 0 Å². The standard InChI is InChI=1S/C23H26F3N5O3/c1-14-18(11-27)22(28-17-5-3-6-31(12-17)7-4-8-32)30-29-21(14)20-15(13-34-2)9-16(10-19(20)33)23(24,25)26/h8-10,17,33H,3-7,12-13H2,1-2H3,(H,28,30). The molecule has 1 aliphatic heterocycles. The third-order valence-corrected chi connectivity index (χ3v) is 5.80. The van der Waals surface area contributed by atoms with E-state index < -0.39 is 17.5 Å². The van der Waals surface area contributed by atoms with E-state index in [1.54, 1.807) is 6.92 Å². The fourth-order valence-electron chi connectivity index (χ4n) is 4.19. The van der Waals surface area contributed by atoms with Crippen molar-refractivity contribution in [1.82, 2.24) is 15.1 Å². The molecule has 1 unspecified atom stereocenters. The molecule has 2 heterocycles. The van der Waals surface area contributed by atoms with Crippen LogP contribution in [0.3, 0.4) is 0 Å². The number of halogens is 3. The normalized spacial score (nSPS) is 16.8. The van der Waals surface area contributed by atoms with Crippen molar-refractivity contribution < 1.29 is 27.8 Å². The van der Waals surface area contributed by atoms with Crippen LogP contribution in [0.25, 0.3) is 11.3 Å². The summed E-state index contributed by atoms with van der Waals surface area (Å²) in [6, 6.07) is 3.62. The van der Waals surface area contributed by atoms with Crippen molar-refractivity contribution in [3.63, 3.8) is 0 Å². The zero-order chi connectivity index (χ0) is 24.9. The number of ether oxygens (including phenoxy) is 1. The van der Waals surface area contributed by atoms with Gasteiger partial charge in [-0.05, 0) is 49.6 Å². The summed E-state index contributed by atoms with van der Waals surface area (Å²) in [6.07, 6.45) is -1.55. The van der Waals surface area contributed by atoms with Gasteiger partial charge in [-0.15, -0.1) is 10.2 Å². The third kappa shape index (κ3) is 5.63. The summed E-state index contributed by atoms with van der Waals surface area (Å²) >= 11 is 0. The molecule has 1 aliphatic rings. The molecule has 2 aromatic rings. The summed E-state index contributed by atoms with van der Waals surface area (Å²) in [5.41, 5.74) is -0.215. The summed E-state index contributed by atoms with van der Waals surface area (Å²) in [7, 11) is 1.33. The topological polar surface area (TPSA) is 111 Å². The second kappa shape index (κ2) is 10.8. The Morgan fingerprint density at radius 2 is 2.15 bits per heavy atom. The maximum atomic E-state index is 13.2. The second-order valence-electron chi connectivity index (χ2n) is 8.21. The average Bonchev–Trinajstić information content (AvgIpc) is 2.78. The molecule has 0 saturated carbocycles. The van der Waals surface area contributed by atoms with Gasteiger partial charge in [-0.2, -0.15) is 18.4 Å². The maximum absolute atomic E-state index is 13.2. The van der Waals surface area contributed by atoms with Gasteiger partial charge in [0.25, 0.3) is 0 Å². The van der Waals surface area contributed by atoms with E-state index in [-0.39, 0.29) is 40.9 Å². The first-order valence-electron chi connectivity index (χ1n) is 10.8. The van der Waals surface area contributed by atoms with Crippen molar-refractivity contribution in [3.05, 3.63) is 34.4 Å². The predicted octanol–water partition coefficient (Wildman–Crippen LogP) is 3.66. The number of carbonyl (C=O) groups is 1. The number of nitriles is 1. The Hall–Kier alpha value is -3.23. The van der Waals surface area contributed by atoms with Crippen molar-refractivity contribution in [1.29, 1.82) is 5.26 Å². The molecule has 0 radical (unpaired) electrons. The molecule has 0 bridgehead atoms. The molecule has 1 saturated heterocycles. The van der Waals surface area contributed by atoms with Gasteiger partial charge >= 0.3 is 6.18 Å². The number of aromatic hydroxyl groups is 1. The first-order valence-corrected chi connectivity index (χ1v) is 10.8. The summed E-state index contributed by atoms with van der Waals surface area (Å²) in [5.74, 6) is -0.354. The zero-order valence-corrected chi connectivity index (χ0v) is 18.9. The SMILES string of the molecule is COCc1cc(C(F)(F)F)cc(O)c1-c1nnc(NC2CCCN(CCC=O)C2)c(C#N)c1C. The van der Waals surface area contributed by atoms with Crippen molar-refractivity contribution in [2.45, 2.75) is 45.0 Å². The van der Waals surface area contributed by atoms with Crippen LogP contribution in [0.5, 0.6) is 5.75 Å². The Bertz CT molecular complexity index is 1080. The molecule has 0 aliphatic carbocycles. The molecule has 34 heavy (non-hydrogen) atoms. The molecule has 8 nitrogen and oxygen atoms in total. The molecule has 182 valence electrons. The number of nitrogens with one attached hydrogen (secondary N) is 1. The largest absolute Gasteiger partial charge is 0.507 e. The van der Waals surface area contributed by atoms with E-state index in [4.69, 9.17) is 4.74 Å². The molecule has 2 N–H and O–H groups in total. The Kier molecular flexibility index (Phi) is 8.06. The predicted molar refractivity (Wildman–Crippen MR) is 118 cm³/mol. The lowest BCUT2D eigenvalue weighted by molar-refractivity contribution is -0.137. The molecular weight excluding hydrogens is 451 g/mol. The van der Waals surface area contributed by atoms with Crippen LogP contribution in [-0.2, 0) is 22.3 Å². The lowest BCUT2D eigenvalue weighted by Crippen LogP contribution is -2.42. The number of alkyl halides is 3. The minimum absolute atomic E-state index is 0.00410. The van der Waals surface area contributed by atoms with Gasteiger partial charge in [0.15, 0.2) is 5.82 Å². The lowest BCUT2D eigenvalue weighted by Gasteiger charge is -2.33. The number of aldehydes is 1. The van der Waals surface area contributed by atoms with Gasteiger partial charge in [0.2, 0.25) is 0 Å². The van der Waals surface area contributed by atoms with Crippen LogP contribution in [0.15, 0.2) is 12.1 Å². The van der Waals surface area contributed by atoms with Crippen molar-refractivity contribution in [3.8, 4) is 23.1 Å². The molecule has 1 aromatic carbocycles. The van der Waals surface area contributed by atoms with Crippen molar-refractivity contribution in [2.75, 3.05) is 32.1 Å². The van der Waals surface area contributed by atoms with E-state index in [2.05, 4.69) is 26.5 Å². The Morgan fingerprint density at radius 3 is 2.79 bits per heavy atom. The lowest BCUT2D eigenvalue weighted by atomic mass is 9.95. The number of likely N-dealkylation sites (tertiary alicyclic amines) is 1. The monoisotopic (exact) mass is 477 g/mol. The first-order chi connectivity index (χ1) is 16.2. The van der Waals surface area contributed by atoms with Gasteiger partial charge in [0.05, 0.1) is 12.2 Å². The van der Waals surface area contributed by atoms with Gasteiger partial charge in [0.1, 0.15) is 29.4 Å². The Labute approximate surface area is 195 Å². The van der Waals surface area contributed by atoms with E-state index in [0.717, 1.165) is 31.7 Å². The number of phenols is 1. The average molecular weight is 477 g/mol. The molecule has 3 rings (SSSR count). The van der Waals surface area contributed by atoms with Crippen LogP contribution in [0.2, 0.25) is 0 Å². The molecular formula is C23H26F3N5O3. The fourth-order valence-corrected chi connectivity index (χ4v) is 4.19. The number of hydrogen-bond acceptors (Lipinski definition) is 8. The zero-order valence-electron chi connectivity index (χ0n) is 18.9. The van der Waals surface area contributed by atoms with Crippen LogP contribution in [-0.4, -0.2) is 59.3 Å². The van der Waals surface area contributed by atoms with Crippen LogP contribution in [0.1, 0.15) is 41.5 Å². The van der Waals surface area contributed by atoms with Gasteiger partial charge < -0.3 is 24.9 Å². The number of methoxy groups -OCH3 is 1. The van der Waals surface area contributed by atoms with E-state index >= 15 is 0 Å². The summed E-state index contributed by atoms with van der Waals surface area (Å²) in [4.78, 5) is 12.8. The molecule has 1 aromatic heterocycles. The number of hydrogen-bond donors (Lipinski definition) is 2. The summed E-state index contributed by atoms with van der Waals surface area (Å²) < 4.78 is 44.8. The highest BCUT2D eigenvalue weighted by Crippen LogP contribution is 2.40. The number of benzene rings is 1. The third-order valence-electron chi connectivity index (χ3n) is 5.80. The Morgan fingerprint density at radius 1 is 1.38 bits per heavy atom. The maximum Gasteiger partial charge on any atom is 0.416 e. The van der Waals surface area contributed by atoms with Crippen LogP contribution in [0.4, 0.5) is 19.0 Å². The van der Waals surface area contributed by atoms with Gasteiger partial charge in [-0.3, -0.25) is 0 Å². The van der Waals surface area contributed by atoms with Gasteiger partial charge in [-0.25, -0.2) is 0 Å². The van der Waals surface area contributed by atoms with E-state index in [0.29, 0.717) is 31.1 Å². The highest BCUT2D eigenvalue weighted by Gasteiger charge is 2.33. The highest BCUT2D eigenvalue weighted by atomic mass is 19.4. The summed E-state index contributed by atoms with van der Waals surface area (Å²) in [5, 5.41) is 31.9. The number of aromatic nitrogens is 2. The number of phenolic OH excluding ortho intramolecular Hbond substituents is 1. The smallest absolute Gasteiger partial charge is 0.416 e. The van der Waals surface area contributed by atoms with Gasteiger partial charge in [0, 0.05) is 38.2 Å². The second-order valence-corrected chi connectivity index (χ2v) is 8.21. The fraction of sp³-hybridized carbons (Fsp3) is 0.478. The molecule has 0 spiro atoms.